The minimum atomic E-state index is 0.112. The highest BCUT2D eigenvalue weighted by Gasteiger charge is 2.22. The molecule has 16 heavy (non-hydrogen) atoms. The molecule has 1 heterocycles. The van der Waals surface area contributed by atoms with Crippen molar-refractivity contribution in [3.05, 3.63) is 29.8 Å². The van der Waals surface area contributed by atoms with Crippen LogP contribution in [0.1, 0.15) is 12.0 Å². The highest BCUT2D eigenvalue weighted by molar-refractivity contribution is 5.49. The number of anilines is 1. The molecule has 0 amide bonds. The average Bonchev–Trinajstić information content (AvgIpc) is 2.75. The summed E-state index contributed by atoms with van der Waals surface area (Å²) in [7, 11) is 0. The Bertz CT molecular complexity index is 340. The monoisotopic (exact) mass is 221 g/mol. The van der Waals surface area contributed by atoms with Gasteiger partial charge in [-0.3, -0.25) is 0 Å². The molecular weight excluding hydrogens is 202 g/mol. The Hall–Kier alpha value is -1.06. The fourth-order valence-corrected chi connectivity index (χ4v) is 2.14. The number of aryl methyl sites for hydroxylation is 1. The summed E-state index contributed by atoms with van der Waals surface area (Å²) in [6, 6.07) is 8.54. The lowest BCUT2D eigenvalue weighted by atomic mass is 10.2. The van der Waals surface area contributed by atoms with Crippen molar-refractivity contribution >= 4 is 5.69 Å². The largest absolute Gasteiger partial charge is 0.394 e. The molecule has 1 aliphatic rings. The van der Waals surface area contributed by atoms with Gasteiger partial charge in [0.15, 0.2) is 0 Å². The number of hydrogen-bond donors (Lipinski definition) is 1. The van der Waals surface area contributed by atoms with Crippen LogP contribution in [0.4, 0.5) is 5.69 Å². The number of rotatable bonds is 4. The van der Waals surface area contributed by atoms with Crippen molar-refractivity contribution in [2.45, 2.75) is 19.4 Å². The van der Waals surface area contributed by atoms with Gasteiger partial charge in [-0.2, -0.15) is 0 Å². The van der Waals surface area contributed by atoms with Crippen molar-refractivity contribution in [3.8, 4) is 0 Å². The predicted octanol–water partition coefficient (Wildman–Crippen LogP) is 1.58. The quantitative estimate of drug-likeness (QED) is 0.838. The predicted molar refractivity (Wildman–Crippen MR) is 64.8 cm³/mol. The highest BCUT2D eigenvalue weighted by Crippen LogP contribution is 2.22. The van der Waals surface area contributed by atoms with Crippen LogP contribution in [0.5, 0.6) is 0 Å². The summed E-state index contributed by atoms with van der Waals surface area (Å²) in [5.74, 6) is 0. The Kier molecular flexibility index (Phi) is 3.80. The lowest BCUT2D eigenvalue weighted by Crippen LogP contribution is -2.23. The third kappa shape index (κ3) is 2.74. The number of aliphatic hydroxyl groups excluding tert-OH is 1. The third-order valence-corrected chi connectivity index (χ3v) is 2.96. The smallest absolute Gasteiger partial charge is 0.0767 e. The van der Waals surface area contributed by atoms with Crippen molar-refractivity contribution in [2.75, 3.05) is 31.2 Å². The van der Waals surface area contributed by atoms with E-state index in [1.165, 1.54) is 11.3 Å². The van der Waals surface area contributed by atoms with Crippen molar-refractivity contribution < 1.29 is 9.84 Å². The first-order valence-electron chi connectivity index (χ1n) is 5.83. The van der Waals surface area contributed by atoms with Gasteiger partial charge in [0.2, 0.25) is 0 Å². The molecule has 1 aromatic rings. The molecule has 3 heteroatoms. The van der Waals surface area contributed by atoms with Crippen LogP contribution in [0.3, 0.4) is 0 Å². The molecule has 1 fully saturated rings. The van der Waals surface area contributed by atoms with E-state index in [1.807, 2.05) is 0 Å². The summed E-state index contributed by atoms with van der Waals surface area (Å²) >= 11 is 0. The van der Waals surface area contributed by atoms with Gasteiger partial charge in [-0.15, -0.1) is 0 Å². The van der Waals surface area contributed by atoms with Crippen molar-refractivity contribution in [1.29, 1.82) is 0 Å². The van der Waals surface area contributed by atoms with Crippen LogP contribution < -0.4 is 4.90 Å². The van der Waals surface area contributed by atoms with E-state index in [-0.39, 0.29) is 12.7 Å². The zero-order valence-corrected chi connectivity index (χ0v) is 9.72. The zero-order valence-electron chi connectivity index (χ0n) is 9.72. The van der Waals surface area contributed by atoms with Gasteiger partial charge in [0.05, 0.1) is 19.3 Å². The summed E-state index contributed by atoms with van der Waals surface area (Å²) < 4.78 is 5.54. The van der Waals surface area contributed by atoms with E-state index in [1.54, 1.807) is 0 Å². The summed E-state index contributed by atoms with van der Waals surface area (Å²) in [5, 5.41) is 8.71. The second-order valence-electron chi connectivity index (χ2n) is 4.29. The fraction of sp³-hybridized carbons (Fsp3) is 0.538. The van der Waals surface area contributed by atoms with Crippen LogP contribution in [0.15, 0.2) is 24.3 Å². The molecule has 2 rings (SSSR count). The third-order valence-electron chi connectivity index (χ3n) is 2.96. The Morgan fingerprint density at radius 3 is 3.12 bits per heavy atom. The molecule has 1 aromatic carbocycles. The molecular formula is C13H19NO2. The molecule has 1 unspecified atom stereocenters. The van der Waals surface area contributed by atoms with Crippen LogP contribution in [0.2, 0.25) is 0 Å². The first-order valence-corrected chi connectivity index (χ1v) is 5.83. The van der Waals surface area contributed by atoms with Gasteiger partial charge in [-0.1, -0.05) is 12.1 Å². The molecule has 0 radical (unpaired) electrons. The second-order valence-corrected chi connectivity index (χ2v) is 4.29. The molecule has 3 nitrogen and oxygen atoms in total. The van der Waals surface area contributed by atoms with Crippen LogP contribution in [0, 0.1) is 6.92 Å². The maximum Gasteiger partial charge on any atom is 0.0767 e. The number of nitrogens with zero attached hydrogens (tertiary/aromatic N) is 1. The van der Waals surface area contributed by atoms with Crippen LogP contribution in [-0.2, 0) is 4.74 Å². The van der Waals surface area contributed by atoms with Crippen molar-refractivity contribution in [1.82, 2.24) is 0 Å². The molecule has 0 aromatic heterocycles. The van der Waals surface area contributed by atoms with E-state index in [9.17, 15) is 0 Å². The van der Waals surface area contributed by atoms with E-state index < -0.39 is 0 Å². The molecule has 88 valence electrons. The number of benzene rings is 1. The Balaban J connectivity index is 1.93. The van der Waals surface area contributed by atoms with E-state index >= 15 is 0 Å². The van der Waals surface area contributed by atoms with Gasteiger partial charge in [0, 0.05) is 18.8 Å². The van der Waals surface area contributed by atoms with Gasteiger partial charge >= 0.3 is 0 Å². The summed E-state index contributed by atoms with van der Waals surface area (Å²) in [6.45, 7) is 4.65. The van der Waals surface area contributed by atoms with E-state index in [4.69, 9.17) is 9.84 Å². The SMILES string of the molecule is Cc1cccc(N2CCC(OCCO)C2)c1. The van der Waals surface area contributed by atoms with Crippen molar-refractivity contribution in [3.63, 3.8) is 0 Å². The number of ether oxygens (including phenoxy) is 1. The normalized spacial score (nSPS) is 20.4. The lowest BCUT2D eigenvalue weighted by Gasteiger charge is -2.19. The topological polar surface area (TPSA) is 32.7 Å². The minimum absolute atomic E-state index is 0.112. The lowest BCUT2D eigenvalue weighted by molar-refractivity contribution is 0.0411. The molecule has 1 aliphatic heterocycles. The summed E-state index contributed by atoms with van der Waals surface area (Å²) in [5.41, 5.74) is 2.56. The Morgan fingerprint density at radius 2 is 2.38 bits per heavy atom. The molecule has 0 aliphatic carbocycles. The van der Waals surface area contributed by atoms with Gasteiger partial charge in [0.25, 0.3) is 0 Å². The molecule has 1 N–H and O–H groups in total. The molecule has 1 atom stereocenters. The average molecular weight is 221 g/mol. The summed E-state index contributed by atoms with van der Waals surface area (Å²) in [6.07, 6.45) is 1.32. The van der Waals surface area contributed by atoms with Gasteiger partial charge in [-0.25, -0.2) is 0 Å². The second kappa shape index (κ2) is 5.32. The van der Waals surface area contributed by atoms with Crippen LogP contribution in [0.25, 0.3) is 0 Å². The molecule has 1 saturated heterocycles. The van der Waals surface area contributed by atoms with E-state index in [2.05, 4.69) is 36.1 Å². The first-order chi connectivity index (χ1) is 7.79. The Morgan fingerprint density at radius 1 is 1.50 bits per heavy atom. The maximum absolute atomic E-state index is 8.71. The van der Waals surface area contributed by atoms with E-state index in [0.717, 1.165) is 19.5 Å². The minimum Gasteiger partial charge on any atom is -0.394 e. The van der Waals surface area contributed by atoms with Gasteiger partial charge in [0.1, 0.15) is 0 Å². The van der Waals surface area contributed by atoms with E-state index in [0.29, 0.717) is 6.61 Å². The fourth-order valence-electron chi connectivity index (χ4n) is 2.14. The Labute approximate surface area is 96.6 Å². The first kappa shape index (κ1) is 11.4. The molecule has 0 saturated carbocycles. The summed E-state index contributed by atoms with van der Waals surface area (Å²) in [4.78, 5) is 2.34. The van der Waals surface area contributed by atoms with Crippen LogP contribution in [-0.4, -0.2) is 37.5 Å². The zero-order chi connectivity index (χ0) is 11.4. The highest BCUT2D eigenvalue weighted by atomic mass is 16.5. The van der Waals surface area contributed by atoms with Gasteiger partial charge in [-0.05, 0) is 31.0 Å². The number of hydrogen-bond acceptors (Lipinski definition) is 3. The van der Waals surface area contributed by atoms with Crippen LogP contribution >= 0.6 is 0 Å². The number of aliphatic hydroxyl groups is 1. The standard InChI is InChI=1S/C13H19NO2/c1-11-3-2-4-12(9-11)14-6-5-13(10-14)16-8-7-15/h2-4,9,13,15H,5-8,10H2,1H3. The molecule has 0 spiro atoms. The maximum atomic E-state index is 8.71. The van der Waals surface area contributed by atoms with Crippen molar-refractivity contribution in [2.24, 2.45) is 0 Å². The van der Waals surface area contributed by atoms with Gasteiger partial charge < -0.3 is 14.7 Å². The molecule has 0 bridgehead atoms.